The van der Waals surface area contributed by atoms with E-state index in [0.717, 1.165) is 44.5 Å². The molecule has 1 saturated heterocycles. The Balaban J connectivity index is 1.83. The lowest BCUT2D eigenvalue weighted by Crippen LogP contribution is -2.56. The van der Waals surface area contributed by atoms with E-state index >= 15 is 0 Å². The molecule has 1 fully saturated rings. The predicted molar refractivity (Wildman–Crippen MR) is 95.5 cm³/mol. The van der Waals surface area contributed by atoms with Gasteiger partial charge in [0, 0.05) is 38.3 Å². The van der Waals surface area contributed by atoms with Crippen molar-refractivity contribution in [3.63, 3.8) is 0 Å². The number of guanidine groups is 1. The quantitative estimate of drug-likeness (QED) is 0.594. The van der Waals surface area contributed by atoms with Crippen LogP contribution in [0.2, 0.25) is 0 Å². The highest BCUT2D eigenvalue weighted by molar-refractivity contribution is 5.79. The van der Waals surface area contributed by atoms with Crippen molar-refractivity contribution in [1.29, 1.82) is 0 Å². The molecule has 1 aromatic heterocycles. The minimum atomic E-state index is 0.0373. The maximum atomic E-state index is 5.43. The van der Waals surface area contributed by atoms with Gasteiger partial charge in [-0.05, 0) is 19.9 Å². The van der Waals surface area contributed by atoms with Gasteiger partial charge in [0.05, 0.1) is 32.6 Å². The number of hydrogen-bond acceptors (Lipinski definition) is 5. The summed E-state index contributed by atoms with van der Waals surface area (Å²) in [5, 5.41) is 6.69. The normalized spacial score (nSPS) is 16.8. The molecule has 7 nitrogen and oxygen atoms in total. The van der Waals surface area contributed by atoms with E-state index in [1.165, 1.54) is 0 Å². The van der Waals surface area contributed by atoms with Crippen LogP contribution in [0.25, 0.3) is 0 Å². The lowest BCUT2D eigenvalue weighted by atomic mass is 10.0. The first kappa shape index (κ1) is 18.5. The Bertz CT molecular complexity index is 542. The van der Waals surface area contributed by atoms with Gasteiger partial charge in [-0.15, -0.1) is 0 Å². The zero-order valence-electron chi connectivity index (χ0n) is 15.1. The molecule has 2 rings (SSSR count). The molecule has 1 aliphatic heterocycles. The Labute approximate surface area is 144 Å². The van der Waals surface area contributed by atoms with Crippen molar-refractivity contribution in [1.82, 2.24) is 20.5 Å². The van der Waals surface area contributed by atoms with Crippen LogP contribution in [-0.4, -0.2) is 68.4 Å². The van der Waals surface area contributed by atoms with E-state index in [1.54, 1.807) is 14.2 Å². The topological polar surface area (TPSA) is 71.0 Å². The zero-order chi connectivity index (χ0) is 17.4. The third kappa shape index (κ3) is 5.35. The number of pyridine rings is 1. The average Bonchev–Trinajstić information content (AvgIpc) is 2.62. The van der Waals surface area contributed by atoms with Crippen molar-refractivity contribution in [3.05, 3.63) is 23.9 Å². The van der Waals surface area contributed by atoms with Crippen molar-refractivity contribution in [2.75, 3.05) is 47.0 Å². The molecule has 134 valence electrons. The van der Waals surface area contributed by atoms with E-state index in [-0.39, 0.29) is 5.54 Å². The minimum absolute atomic E-state index is 0.0373. The van der Waals surface area contributed by atoms with Crippen LogP contribution in [0.5, 0.6) is 5.88 Å². The maximum Gasteiger partial charge on any atom is 0.213 e. The van der Waals surface area contributed by atoms with Crippen LogP contribution in [0, 0.1) is 0 Å². The third-order valence-corrected chi connectivity index (χ3v) is 4.21. The minimum Gasteiger partial charge on any atom is -0.481 e. The van der Waals surface area contributed by atoms with Gasteiger partial charge in [0.1, 0.15) is 0 Å². The Hall–Kier alpha value is -1.86. The summed E-state index contributed by atoms with van der Waals surface area (Å²) in [5.74, 6) is 1.38. The summed E-state index contributed by atoms with van der Waals surface area (Å²) in [7, 11) is 3.39. The van der Waals surface area contributed by atoms with Gasteiger partial charge in [-0.2, -0.15) is 0 Å². The van der Waals surface area contributed by atoms with Gasteiger partial charge in [0.2, 0.25) is 5.88 Å². The van der Waals surface area contributed by atoms with Crippen LogP contribution < -0.4 is 15.4 Å². The fraction of sp³-hybridized carbons (Fsp3) is 0.647. The molecular formula is C17H29N5O2. The lowest BCUT2D eigenvalue weighted by Gasteiger charge is -2.41. The van der Waals surface area contributed by atoms with Gasteiger partial charge in [-0.1, -0.05) is 6.07 Å². The number of methoxy groups -OCH3 is 1. The number of nitrogens with one attached hydrogen (secondary N) is 2. The van der Waals surface area contributed by atoms with Crippen LogP contribution in [0.3, 0.4) is 0 Å². The molecule has 0 unspecified atom stereocenters. The van der Waals surface area contributed by atoms with E-state index < -0.39 is 0 Å². The molecule has 0 aromatic carbocycles. The second-order valence-corrected chi connectivity index (χ2v) is 6.36. The number of ether oxygens (including phenoxy) is 2. The van der Waals surface area contributed by atoms with Crippen LogP contribution in [0.1, 0.15) is 19.5 Å². The van der Waals surface area contributed by atoms with Gasteiger partial charge in [0.25, 0.3) is 0 Å². The third-order valence-electron chi connectivity index (χ3n) is 4.21. The second-order valence-electron chi connectivity index (χ2n) is 6.36. The van der Waals surface area contributed by atoms with Gasteiger partial charge in [-0.3, -0.25) is 9.89 Å². The van der Waals surface area contributed by atoms with Gasteiger partial charge in [0.15, 0.2) is 5.96 Å². The SMILES string of the molecule is CN=C(NCc1cccc(OC)n1)NCC(C)(C)N1CCOCC1. The van der Waals surface area contributed by atoms with E-state index in [4.69, 9.17) is 9.47 Å². The summed E-state index contributed by atoms with van der Waals surface area (Å²) in [6, 6.07) is 5.72. The van der Waals surface area contributed by atoms with Crippen molar-refractivity contribution in [3.8, 4) is 5.88 Å². The highest BCUT2D eigenvalue weighted by Crippen LogP contribution is 2.15. The Kier molecular flexibility index (Phi) is 6.81. The first-order chi connectivity index (χ1) is 11.5. The van der Waals surface area contributed by atoms with Crippen molar-refractivity contribution in [2.24, 2.45) is 4.99 Å². The molecule has 0 amide bonds. The predicted octanol–water partition coefficient (Wildman–Crippen LogP) is 0.866. The molecule has 0 aliphatic carbocycles. The first-order valence-electron chi connectivity index (χ1n) is 8.32. The maximum absolute atomic E-state index is 5.43. The van der Waals surface area contributed by atoms with E-state index in [9.17, 15) is 0 Å². The molecule has 0 atom stereocenters. The number of aliphatic imine (C=N–C) groups is 1. The molecular weight excluding hydrogens is 306 g/mol. The van der Waals surface area contributed by atoms with Crippen LogP contribution in [0.4, 0.5) is 0 Å². The van der Waals surface area contributed by atoms with E-state index in [1.807, 2.05) is 18.2 Å². The summed E-state index contributed by atoms with van der Waals surface area (Å²) in [4.78, 5) is 11.1. The number of nitrogens with zero attached hydrogens (tertiary/aromatic N) is 3. The van der Waals surface area contributed by atoms with Gasteiger partial charge < -0.3 is 20.1 Å². The number of aromatic nitrogens is 1. The Morgan fingerprint density at radius 2 is 2.08 bits per heavy atom. The smallest absolute Gasteiger partial charge is 0.213 e. The second kappa shape index (κ2) is 8.84. The fourth-order valence-electron chi connectivity index (χ4n) is 2.65. The highest BCUT2D eigenvalue weighted by atomic mass is 16.5. The number of morpholine rings is 1. The lowest BCUT2D eigenvalue weighted by molar-refractivity contribution is -0.00834. The van der Waals surface area contributed by atoms with Crippen molar-refractivity contribution >= 4 is 5.96 Å². The molecule has 1 aromatic rings. The molecule has 0 spiro atoms. The monoisotopic (exact) mass is 335 g/mol. The Morgan fingerprint density at radius 3 is 2.75 bits per heavy atom. The zero-order valence-corrected chi connectivity index (χ0v) is 15.1. The van der Waals surface area contributed by atoms with Crippen molar-refractivity contribution < 1.29 is 9.47 Å². The standard InChI is InChI=1S/C17H29N5O2/c1-17(2,22-8-10-24-11-9-22)13-20-16(18-3)19-12-14-6-5-7-15(21-14)23-4/h5-7H,8-13H2,1-4H3,(H2,18,19,20). The summed E-state index contributed by atoms with van der Waals surface area (Å²) >= 11 is 0. The van der Waals surface area contributed by atoms with Gasteiger partial charge >= 0.3 is 0 Å². The molecule has 1 aliphatic rings. The highest BCUT2D eigenvalue weighted by Gasteiger charge is 2.28. The molecule has 24 heavy (non-hydrogen) atoms. The largest absolute Gasteiger partial charge is 0.481 e. The molecule has 2 N–H and O–H groups in total. The van der Waals surface area contributed by atoms with Crippen molar-refractivity contribution in [2.45, 2.75) is 25.9 Å². The number of hydrogen-bond donors (Lipinski definition) is 2. The average molecular weight is 335 g/mol. The molecule has 0 bridgehead atoms. The van der Waals surface area contributed by atoms with Crippen LogP contribution in [-0.2, 0) is 11.3 Å². The summed E-state index contributed by atoms with van der Waals surface area (Å²) in [5.41, 5.74) is 0.944. The molecule has 0 saturated carbocycles. The van der Waals surface area contributed by atoms with Crippen LogP contribution in [0.15, 0.2) is 23.2 Å². The fourth-order valence-corrected chi connectivity index (χ4v) is 2.65. The molecule has 0 radical (unpaired) electrons. The molecule has 7 heteroatoms. The van der Waals surface area contributed by atoms with Crippen LogP contribution >= 0.6 is 0 Å². The van der Waals surface area contributed by atoms with E-state index in [2.05, 4.69) is 39.4 Å². The summed E-state index contributed by atoms with van der Waals surface area (Å²) in [6.07, 6.45) is 0. The first-order valence-corrected chi connectivity index (χ1v) is 8.32. The van der Waals surface area contributed by atoms with Gasteiger partial charge in [-0.25, -0.2) is 4.98 Å². The van der Waals surface area contributed by atoms with E-state index in [0.29, 0.717) is 12.4 Å². The molecule has 2 heterocycles. The Morgan fingerprint density at radius 1 is 1.33 bits per heavy atom. The number of rotatable bonds is 6. The summed E-state index contributed by atoms with van der Waals surface area (Å²) < 4.78 is 10.6. The summed E-state index contributed by atoms with van der Waals surface area (Å²) in [6.45, 7) is 9.41.